The van der Waals surface area contributed by atoms with Crippen LogP contribution in [0.3, 0.4) is 0 Å². The molecule has 3 nitrogen and oxygen atoms in total. The van der Waals surface area contributed by atoms with E-state index < -0.39 is 16.2 Å². The summed E-state index contributed by atoms with van der Waals surface area (Å²) in [6.45, 7) is 3.39. The molecule has 0 aromatic heterocycles. The highest BCUT2D eigenvalue weighted by atomic mass is 32.8. The Bertz CT molecular complexity index is 198. The Balaban J connectivity index is 4.86. The zero-order valence-corrected chi connectivity index (χ0v) is 8.95. The smallest absolute Gasteiger partial charge is 0.257 e. The fourth-order valence-electron chi connectivity index (χ4n) is 1.16. The molecule has 0 spiro atoms. The highest BCUT2D eigenvalue weighted by molar-refractivity contribution is 8.54. The van der Waals surface area contributed by atoms with Gasteiger partial charge in [0, 0.05) is 0 Å². The van der Waals surface area contributed by atoms with Gasteiger partial charge in [0.2, 0.25) is 0 Å². The minimum absolute atomic E-state index is 0.582. The first-order chi connectivity index (χ1) is 4.93. The third-order valence-corrected chi connectivity index (χ3v) is 11.9. The van der Waals surface area contributed by atoms with E-state index in [1.54, 1.807) is 0 Å². The minimum Gasteiger partial charge on any atom is -0.257 e. The second-order valence-electron chi connectivity index (χ2n) is 2.45. The third kappa shape index (κ3) is 2.14. The zero-order valence-electron chi connectivity index (χ0n) is 7.24. The van der Waals surface area contributed by atoms with Crippen molar-refractivity contribution >= 4 is 16.2 Å². The van der Waals surface area contributed by atoms with Crippen molar-refractivity contribution < 1.29 is 13.0 Å². The Kier molecular flexibility index (Phi) is 3.95. The number of hydrogen-bond donors (Lipinski definition) is 1. The molecule has 0 radical (unpaired) electrons. The van der Waals surface area contributed by atoms with Crippen LogP contribution in [-0.2, 0) is 9.74 Å². The summed E-state index contributed by atoms with van der Waals surface area (Å²) < 4.78 is 30.9. The van der Waals surface area contributed by atoms with E-state index in [4.69, 9.17) is 4.55 Å². The molecule has 0 saturated heterocycles. The molecular formula is C6H16O3PS+. The Morgan fingerprint density at radius 2 is 1.36 bits per heavy atom. The molecule has 0 atom stereocenters. The average molecular weight is 199 g/mol. The first-order valence-electron chi connectivity index (χ1n) is 3.77. The molecule has 11 heavy (non-hydrogen) atoms. The number of hydrogen-bond acceptors (Lipinski definition) is 2. The summed E-state index contributed by atoms with van der Waals surface area (Å²) in [5.74, 6) is 0. The van der Waals surface area contributed by atoms with E-state index in [1.165, 1.54) is 0 Å². The summed E-state index contributed by atoms with van der Waals surface area (Å²) in [4.78, 5) is 0. The largest absolute Gasteiger partial charge is 0.380 e. The van der Waals surface area contributed by atoms with Gasteiger partial charge in [-0.25, -0.2) is 0 Å². The number of rotatable bonds is 4. The zero-order chi connectivity index (χ0) is 9.12. The van der Waals surface area contributed by atoms with E-state index in [0.29, 0.717) is 18.5 Å². The van der Waals surface area contributed by atoms with E-state index in [1.807, 2.05) is 20.8 Å². The fraction of sp³-hybridized carbons (Fsp3) is 1.00. The van der Waals surface area contributed by atoms with Crippen LogP contribution in [0.1, 0.15) is 20.8 Å². The molecule has 0 bridgehead atoms. The standard InChI is InChI=1S/C6H15O3PS/c1-4-10(5-2,6-3)11(7,8)9/h4-6H2,1-3H3/p+1. The van der Waals surface area contributed by atoms with Gasteiger partial charge < -0.3 is 0 Å². The summed E-state index contributed by atoms with van der Waals surface area (Å²) >= 11 is 0. The molecule has 0 aliphatic rings. The lowest BCUT2D eigenvalue weighted by Gasteiger charge is -2.17. The normalized spacial score (nSPS) is 13.5. The van der Waals surface area contributed by atoms with Gasteiger partial charge in [-0.2, -0.15) is 8.42 Å². The van der Waals surface area contributed by atoms with Crippen molar-refractivity contribution in [2.24, 2.45) is 0 Å². The molecular weight excluding hydrogens is 183 g/mol. The van der Waals surface area contributed by atoms with Crippen molar-refractivity contribution in [3.05, 3.63) is 0 Å². The molecule has 0 heterocycles. The lowest BCUT2D eigenvalue weighted by atomic mass is 10.9. The van der Waals surface area contributed by atoms with Crippen LogP contribution in [0.4, 0.5) is 0 Å². The monoisotopic (exact) mass is 199 g/mol. The molecule has 0 aromatic rings. The first-order valence-corrected chi connectivity index (χ1v) is 8.16. The maximum atomic E-state index is 11.0. The van der Waals surface area contributed by atoms with Crippen molar-refractivity contribution in [2.75, 3.05) is 18.5 Å². The summed E-state index contributed by atoms with van der Waals surface area (Å²) in [6.07, 6.45) is 1.75. The van der Waals surface area contributed by atoms with Gasteiger partial charge in [0.15, 0.2) is 6.46 Å². The lowest BCUT2D eigenvalue weighted by molar-refractivity contribution is 0.500. The fourth-order valence-corrected chi connectivity index (χ4v) is 6.42. The third-order valence-electron chi connectivity index (χ3n) is 2.22. The molecule has 1 N–H and O–H groups in total. The van der Waals surface area contributed by atoms with Gasteiger partial charge >= 0.3 is 9.74 Å². The summed E-state index contributed by atoms with van der Waals surface area (Å²) in [5, 5.41) is 0. The van der Waals surface area contributed by atoms with Gasteiger partial charge in [-0.3, -0.25) is 4.55 Å². The summed E-state index contributed by atoms with van der Waals surface area (Å²) in [5.41, 5.74) is 0. The van der Waals surface area contributed by atoms with Crippen LogP contribution in [0, 0.1) is 0 Å². The topological polar surface area (TPSA) is 54.4 Å². The molecule has 0 amide bonds. The molecule has 5 heteroatoms. The predicted octanol–water partition coefficient (Wildman–Crippen LogP) is 1.87. The van der Waals surface area contributed by atoms with Crippen LogP contribution in [0.2, 0.25) is 0 Å². The minimum atomic E-state index is -3.77. The highest BCUT2D eigenvalue weighted by Gasteiger charge is 2.45. The van der Waals surface area contributed by atoms with Crippen molar-refractivity contribution in [3.63, 3.8) is 0 Å². The second kappa shape index (κ2) is 3.83. The highest BCUT2D eigenvalue weighted by Crippen LogP contribution is 2.62. The van der Waals surface area contributed by atoms with Crippen LogP contribution in [0.5, 0.6) is 0 Å². The van der Waals surface area contributed by atoms with Gasteiger partial charge in [-0.05, 0) is 20.8 Å². The summed E-state index contributed by atoms with van der Waals surface area (Å²) in [7, 11) is -3.77. The molecule has 0 fully saturated rings. The van der Waals surface area contributed by atoms with E-state index in [-0.39, 0.29) is 0 Å². The molecule has 0 aliphatic heterocycles. The van der Waals surface area contributed by atoms with Crippen LogP contribution in [0.25, 0.3) is 0 Å². The van der Waals surface area contributed by atoms with Crippen molar-refractivity contribution in [1.82, 2.24) is 0 Å². The Morgan fingerprint density at radius 3 is 1.36 bits per heavy atom. The van der Waals surface area contributed by atoms with Crippen molar-refractivity contribution in [3.8, 4) is 0 Å². The van der Waals surface area contributed by atoms with E-state index in [2.05, 4.69) is 0 Å². The van der Waals surface area contributed by atoms with Gasteiger partial charge in [0.25, 0.3) is 0 Å². The average Bonchev–Trinajstić information content (AvgIpc) is 1.90. The van der Waals surface area contributed by atoms with Crippen LogP contribution >= 0.6 is 6.46 Å². The van der Waals surface area contributed by atoms with Crippen LogP contribution < -0.4 is 0 Å². The molecule has 0 unspecified atom stereocenters. The Morgan fingerprint density at radius 1 is 1.09 bits per heavy atom. The molecule has 68 valence electrons. The van der Waals surface area contributed by atoms with Gasteiger partial charge in [0.1, 0.15) is 0 Å². The van der Waals surface area contributed by atoms with E-state index in [9.17, 15) is 8.42 Å². The Labute approximate surface area is 69.0 Å². The second-order valence-corrected chi connectivity index (χ2v) is 11.1. The molecule has 0 rings (SSSR count). The lowest BCUT2D eigenvalue weighted by Crippen LogP contribution is -2.13. The maximum absolute atomic E-state index is 11.0. The maximum Gasteiger partial charge on any atom is 0.380 e. The van der Waals surface area contributed by atoms with Gasteiger partial charge in [-0.1, -0.05) is 0 Å². The quantitative estimate of drug-likeness (QED) is 0.555. The van der Waals surface area contributed by atoms with E-state index >= 15 is 0 Å². The van der Waals surface area contributed by atoms with Crippen LogP contribution in [0.15, 0.2) is 0 Å². The predicted molar refractivity (Wildman–Crippen MR) is 50.1 cm³/mol. The van der Waals surface area contributed by atoms with Crippen molar-refractivity contribution in [1.29, 1.82) is 0 Å². The Hall–Kier alpha value is 0.340. The van der Waals surface area contributed by atoms with Crippen molar-refractivity contribution in [2.45, 2.75) is 20.8 Å². The molecule has 0 aliphatic carbocycles. The SMILES string of the molecule is CC[P+](CC)(CC)S(=O)(=O)O. The first kappa shape index (κ1) is 11.3. The molecule has 0 aromatic carbocycles. The molecule has 0 saturated carbocycles. The van der Waals surface area contributed by atoms with E-state index in [0.717, 1.165) is 0 Å². The van der Waals surface area contributed by atoms with Gasteiger partial charge in [0.05, 0.1) is 18.5 Å². The van der Waals surface area contributed by atoms with Gasteiger partial charge in [-0.15, -0.1) is 0 Å². The summed E-state index contributed by atoms with van der Waals surface area (Å²) in [6, 6.07) is 0. The van der Waals surface area contributed by atoms with Crippen LogP contribution in [-0.4, -0.2) is 31.5 Å².